The first-order valence-electron chi connectivity index (χ1n) is 13.8. The summed E-state index contributed by atoms with van der Waals surface area (Å²) in [5, 5.41) is 0. The minimum Gasteiger partial charge on any atom is -0.411 e. The molecule has 0 saturated carbocycles. The zero-order valence-corrected chi connectivity index (χ0v) is 25.2. The Labute approximate surface area is 221 Å². The maximum Gasteiger partial charge on any atom is 0.260 e. The third-order valence-corrected chi connectivity index (χ3v) is 12.3. The van der Waals surface area contributed by atoms with Gasteiger partial charge in [-0.25, -0.2) is 0 Å². The highest BCUT2D eigenvalue weighted by molar-refractivity contribution is 6.73. The quantitative estimate of drug-likeness (QED) is 0.0747. The largest absolute Gasteiger partial charge is 0.411 e. The van der Waals surface area contributed by atoms with Crippen LogP contribution in [0.1, 0.15) is 75.2 Å². The van der Waals surface area contributed by atoms with Crippen LogP contribution in [0.25, 0.3) is 0 Å². The molecule has 0 spiro atoms. The molecule has 1 aliphatic heterocycles. The Kier molecular flexibility index (Phi) is 13.3. The summed E-state index contributed by atoms with van der Waals surface area (Å²) in [6.45, 7) is 19.4. The van der Waals surface area contributed by atoms with Gasteiger partial charge in [0.1, 0.15) is 6.10 Å². The Morgan fingerprint density at radius 2 is 1.53 bits per heavy atom. The lowest BCUT2D eigenvalue weighted by molar-refractivity contribution is -0.131. The molecule has 1 rings (SSSR count). The molecule has 0 aromatic carbocycles. The molecule has 5 nitrogen and oxygen atoms in total. The summed E-state index contributed by atoms with van der Waals surface area (Å²) in [7, 11) is -1.95. The Morgan fingerprint density at radius 1 is 0.972 bits per heavy atom. The van der Waals surface area contributed by atoms with Crippen LogP contribution in [0.2, 0.25) is 18.1 Å². The van der Waals surface area contributed by atoms with Crippen molar-refractivity contribution in [1.29, 1.82) is 0 Å². The summed E-state index contributed by atoms with van der Waals surface area (Å²) in [5.74, 6) is 0.199. The van der Waals surface area contributed by atoms with Crippen LogP contribution >= 0.6 is 0 Å². The predicted octanol–water partition coefficient (Wildman–Crippen LogP) is 6.91. The monoisotopic (exact) mass is 517 g/mol. The number of carbonyl (C=O) groups excluding carboxylic acids is 2. The van der Waals surface area contributed by atoms with Gasteiger partial charge in [0.25, 0.3) is 5.91 Å². The van der Waals surface area contributed by atoms with E-state index in [1.54, 1.807) is 12.2 Å². The summed E-state index contributed by atoms with van der Waals surface area (Å²) < 4.78 is 12.5. The van der Waals surface area contributed by atoms with Crippen LogP contribution < -0.4 is 5.73 Å². The fraction of sp³-hybridized carbons (Fsp3) is 0.667. The molecular formula is C30H51NO4Si. The normalized spacial score (nSPS) is 23.6. The number of hydrogen-bond donors (Lipinski definition) is 1. The maximum atomic E-state index is 13.0. The van der Waals surface area contributed by atoms with Crippen molar-refractivity contribution >= 4 is 20.0 Å². The number of allylic oxidation sites excluding steroid dienone is 7. The fourth-order valence-electron chi connectivity index (χ4n) is 4.79. The van der Waals surface area contributed by atoms with Crippen LogP contribution in [0, 0.1) is 17.8 Å². The molecule has 1 amide bonds. The predicted molar refractivity (Wildman–Crippen MR) is 153 cm³/mol. The van der Waals surface area contributed by atoms with Crippen LogP contribution in [0.5, 0.6) is 0 Å². The number of ketones is 1. The fourth-order valence-corrected chi connectivity index (χ4v) is 7.77. The number of epoxide rings is 1. The van der Waals surface area contributed by atoms with Gasteiger partial charge in [-0.2, -0.15) is 0 Å². The van der Waals surface area contributed by atoms with E-state index in [1.165, 1.54) is 24.5 Å². The molecule has 0 unspecified atom stereocenters. The molecule has 0 aliphatic carbocycles. The molecule has 1 saturated heterocycles. The van der Waals surface area contributed by atoms with Gasteiger partial charge < -0.3 is 14.9 Å². The van der Waals surface area contributed by atoms with Crippen LogP contribution in [0.15, 0.2) is 48.1 Å². The van der Waals surface area contributed by atoms with E-state index in [2.05, 4.69) is 60.6 Å². The van der Waals surface area contributed by atoms with Crippen LogP contribution in [-0.4, -0.2) is 37.8 Å². The van der Waals surface area contributed by atoms with Crippen molar-refractivity contribution in [1.82, 2.24) is 0 Å². The van der Waals surface area contributed by atoms with E-state index < -0.39 is 31.7 Å². The molecule has 36 heavy (non-hydrogen) atoms. The van der Waals surface area contributed by atoms with Crippen LogP contribution in [-0.2, 0) is 18.8 Å². The number of primary amides is 1. The maximum absolute atomic E-state index is 13.0. The Bertz CT molecular complexity index is 832. The number of amides is 1. The molecule has 6 heteroatoms. The second kappa shape index (κ2) is 14.8. The summed E-state index contributed by atoms with van der Waals surface area (Å²) in [4.78, 5) is 25.4. The molecule has 0 radical (unpaired) electrons. The van der Waals surface area contributed by atoms with Gasteiger partial charge in [-0.05, 0) is 55.3 Å². The lowest BCUT2D eigenvalue weighted by Gasteiger charge is -2.34. The van der Waals surface area contributed by atoms with E-state index in [0.29, 0.717) is 5.92 Å². The zero-order valence-electron chi connectivity index (χ0n) is 24.2. The van der Waals surface area contributed by atoms with Crippen molar-refractivity contribution in [3.05, 3.63) is 48.1 Å². The van der Waals surface area contributed by atoms with Gasteiger partial charge in [-0.1, -0.05) is 104 Å². The van der Waals surface area contributed by atoms with Gasteiger partial charge >= 0.3 is 0 Å². The summed E-state index contributed by atoms with van der Waals surface area (Å²) in [6.07, 6.45) is 14.4. The average molecular weight is 518 g/mol. The third kappa shape index (κ3) is 8.67. The first kappa shape index (κ1) is 32.3. The Balaban J connectivity index is 2.86. The van der Waals surface area contributed by atoms with E-state index >= 15 is 0 Å². The smallest absolute Gasteiger partial charge is 0.260 e. The highest BCUT2D eigenvalue weighted by Gasteiger charge is 2.70. The zero-order chi connectivity index (χ0) is 27.5. The van der Waals surface area contributed by atoms with Gasteiger partial charge in [0.2, 0.25) is 5.60 Å². The number of nitrogens with two attached hydrogens (primary N) is 1. The third-order valence-electron chi connectivity index (χ3n) is 7.62. The van der Waals surface area contributed by atoms with Crippen LogP contribution in [0.4, 0.5) is 0 Å². The van der Waals surface area contributed by atoms with Crippen molar-refractivity contribution in [2.75, 3.05) is 0 Å². The minimum atomic E-state index is -1.95. The van der Waals surface area contributed by atoms with Crippen molar-refractivity contribution in [3.8, 4) is 0 Å². The lowest BCUT2D eigenvalue weighted by atomic mass is 9.91. The van der Waals surface area contributed by atoms with Gasteiger partial charge in [0.05, 0.1) is 6.10 Å². The topological polar surface area (TPSA) is 81.9 Å². The summed E-state index contributed by atoms with van der Waals surface area (Å²) in [6, 6.07) is 2.95. The second-order valence-electron chi connectivity index (χ2n) is 10.8. The molecule has 0 aromatic heterocycles. The second-order valence-corrected chi connectivity index (χ2v) is 15.5. The molecular weight excluding hydrogens is 466 g/mol. The van der Waals surface area contributed by atoms with Gasteiger partial charge in [-0.15, -0.1) is 0 Å². The SMILES string of the molecule is CC[C@H](C)C[C@H](C)/C=C(C)/C=C/C=C/C=C/C(=O)[C@]1(C(N)=O)O[C@H]1[C@H](O[Si](CC)(CC)CC)C(C)C. The molecule has 1 fully saturated rings. The lowest BCUT2D eigenvalue weighted by Crippen LogP contribution is -2.49. The molecule has 1 heterocycles. The van der Waals surface area contributed by atoms with E-state index in [4.69, 9.17) is 14.9 Å². The van der Waals surface area contributed by atoms with E-state index in [1.807, 2.05) is 26.0 Å². The number of hydrogen-bond acceptors (Lipinski definition) is 4. The van der Waals surface area contributed by atoms with Crippen molar-refractivity contribution < 1.29 is 18.8 Å². The van der Waals surface area contributed by atoms with Gasteiger partial charge in [0, 0.05) is 0 Å². The van der Waals surface area contributed by atoms with Gasteiger partial charge in [-0.3, -0.25) is 9.59 Å². The molecule has 2 N–H and O–H groups in total. The summed E-state index contributed by atoms with van der Waals surface area (Å²) in [5.41, 5.74) is 5.27. The highest BCUT2D eigenvalue weighted by Crippen LogP contribution is 2.44. The number of rotatable bonds is 17. The molecule has 1 aliphatic rings. The average Bonchev–Trinajstić information content (AvgIpc) is 3.59. The minimum absolute atomic E-state index is 0.0961. The number of carbonyl (C=O) groups is 2. The number of ether oxygens (including phenoxy) is 1. The molecule has 0 aromatic rings. The van der Waals surface area contributed by atoms with E-state index in [0.717, 1.165) is 24.1 Å². The van der Waals surface area contributed by atoms with Crippen molar-refractivity contribution in [2.45, 2.75) is 111 Å². The summed E-state index contributed by atoms with van der Waals surface area (Å²) >= 11 is 0. The first-order valence-corrected chi connectivity index (χ1v) is 16.4. The van der Waals surface area contributed by atoms with Crippen molar-refractivity contribution in [3.63, 3.8) is 0 Å². The molecule has 0 bridgehead atoms. The van der Waals surface area contributed by atoms with Crippen LogP contribution in [0.3, 0.4) is 0 Å². The molecule has 204 valence electrons. The Morgan fingerprint density at radius 3 is 2.00 bits per heavy atom. The van der Waals surface area contributed by atoms with Gasteiger partial charge in [0.15, 0.2) is 14.1 Å². The standard InChI is InChI=1S/C30H51NO4Si/c1-10-23(7)20-25(9)21-24(8)18-16-14-15-17-19-26(32)30(29(31)33)28(34-30)27(22(5)6)35-36(11-2,12-3)13-4/h14-19,21-23,25,27-28H,10-13,20H2,1-9H3,(H2,31,33)/b15-14+,18-16+,19-17+,24-21+/t23-,25-,27+,28-,30-/m0/s1. The Hall–Kier alpha value is -1.76. The first-order chi connectivity index (χ1) is 16.9. The van der Waals surface area contributed by atoms with Crippen molar-refractivity contribution in [2.24, 2.45) is 23.5 Å². The highest BCUT2D eigenvalue weighted by atomic mass is 28.4. The molecule has 5 atom stereocenters. The van der Waals surface area contributed by atoms with E-state index in [-0.39, 0.29) is 12.0 Å². The van der Waals surface area contributed by atoms with E-state index in [9.17, 15) is 9.59 Å².